The number of benzene rings is 2. The summed E-state index contributed by atoms with van der Waals surface area (Å²) in [5.74, 6) is -0.178. The number of hydrogen-bond donors (Lipinski definition) is 2. The van der Waals surface area contributed by atoms with Crippen molar-refractivity contribution in [3.63, 3.8) is 0 Å². The molecule has 0 fully saturated rings. The van der Waals surface area contributed by atoms with Crippen molar-refractivity contribution in [1.29, 1.82) is 0 Å². The molecule has 2 N–H and O–H groups in total. The van der Waals surface area contributed by atoms with Crippen LogP contribution < -0.4 is 15.6 Å². The van der Waals surface area contributed by atoms with Gasteiger partial charge in [0.25, 0.3) is 11.8 Å². The Morgan fingerprint density at radius 1 is 1.08 bits per heavy atom. The van der Waals surface area contributed by atoms with E-state index in [1.165, 1.54) is 0 Å². The Bertz CT molecular complexity index is 760. The Kier molecular flexibility index (Phi) is 6.58. The summed E-state index contributed by atoms with van der Waals surface area (Å²) >= 11 is 3.38. The molecule has 2 aromatic rings. The molecule has 132 valence electrons. The summed E-state index contributed by atoms with van der Waals surface area (Å²) in [6.45, 7) is 5.76. The van der Waals surface area contributed by atoms with Crippen LogP contribution in [-0.2, 0) is 4.79 Å². The van der Waals surface area contributed by atoms with Crippen LogP contribution in [0.5, 0.6) is 5.75 Å². The quantitative estimate of drug-likeness (QED) is 0.746. The molecule has 0 saturated heterocycles. The molecule has 0 aliphatic rings. The molecule has 1 atom stereocenters. The van der Waals surface area contributed by atoms with Crippen molar-refractivity contribution in [2.75, 3.05) is 0 Å². The Labute approximate surface area is 155 Å². The topological polar surface area (TPSA) is 67.4 Å². The highest BCUT2D eigenvalue weighted by Crippen LogP contribution is 2.17. The van der Waals surface area contributed by atoms with E-state index < -0.39 is 12.0 Å². The highest BCUT2D eigenvalue weighted by Gasteiger charge is 2.19. The predicted molar refractivity (Wildman–Crippen MR) is 100 cm³/mol. The number of carbonyl (C=O) groups excluding carboxylic acids is 2. The van der Waals surface area contributed by atoms with E-state index in [-0.39, 0.29) is 5.91 Å². The molecule has 2 amide bonds. The molecule has 25 heavy (non-hydrogen) atoms. The van der Waals surface area contributed by atoms with Gasteiger partial charge < -0.3 is 4.74 Å². The Balaban J connectivity index is 1.93. The van der Waals surface area contributed by atoms with Gasteiger partial charge in [-0.3, -0.25) is 20.4 Å². The lowest BCUT2D eigenvalue weighted by Crippen LogP contribution is -2.47. The van der Waals surface area contributed by atoms with Crippen LogP contribution in [0.2, 0.25) is 0 Å². The SMILES string of the molecule is CCC(Oc1ccc(C)cc1)C(=O)NNC(=O)c1ccc(C)c(Br)c1. The van der Waals surface area contributed by atoms with Crippen LogP contribution in [0.3, 0.4) is 0 Å². The summed E-state index contributed by atoms with van der Waals surface area (Å²) in [6.07, 6.45) is -0.209. The fraction of sp³-hybridized carbons (Fsp3) is 0.263. The first-order chi connectivity index (χ1) is 11.9. The number of amides is 2. The fourth-order valence-corrected chi connectivity index (χ4v) is 2.49. The second-order valence-corrected chi connectivity index (χ2v) is 6.59. The minimum atomic E-state index is -0.687. The summed E-state index contributed by atoms with van der Waals surface area (Å²) in [7, 11) is 0. The second-order valence-electron chi connectivity index (χ2n) is 5.74. The maximum absolute atomic E-state index is 12.2. The monoisotopic (exact) mass is 404 g/mol. The van der Waals surface area contributed by atoms with E-state index in [0.29, 0.717) is 17.7 Å². The third kappa shape index (κ3) is 5.32. The zero-order valence-electron chi connectivity index (χ0n) is 14.4. The smallest absolute Gasteiger partial charge is 0.279 e. The van der Waals surface area contributed by atoms with Crippen molar-refractivity contribution < 1.29 is 14.3 Å². The van der Waals surface area contributed by atoms with Gasteiger partial charge in [-0.15, -0.1) is 0 Å². The normalized spacial score (nSPS) is 11.5. The highest BCUT2D eigenvalue weighted by atomic mass is 79.9. The minimum absolute atomic E-state index is 0.390. The average Bonchev–Trinajstić information content (AvgIpc) is 2.61. The molecule has 0 heterocycles. The summed E-state index contributed by atoms with van der Waals surface area (Å²) in [4.78, 5) is 24.4. The molecule has 1 unspecified atom stereocenters. The molecule has 2 aromatic carbocycles. The number of aryl methyl sites for hydroxylation is 2. The van der Waals surface area contributed by atoms with Crippen molar-refractivity contribution in [2.45, 2.75) is 33.3 Å². The number of hydrazine groups is 1. The average molecular weight is 405 g/mol. The lowest BCUT2D eigenvalue weighted by molar-refractivity contribution is -0.128. The molecule has 5 nitrogen and oxygen atoms in total. The molecule has 0 spiro atoms. The van der Waals surface area contributed by atoms with Gasteiger partial charge in [0, 0.05) is 10.0 Å². The first-order valence-electron chi connectivity index (χ1n) is 8.00. The van der Waals surface area contributed by atoms with Gasteiger partial charge in [0.2, 0.25) is 0 Å². The highest BCUT2D eigenvalue weighted by molar-refractivity contribution is 9.10. The van der Waals surface area contributed by atoms with Gasteiger partial charge in [0.15, 0.2) is 6.10 Å². The van der Waals surface area contributed by atoms with Crippen LogP contribution >= 0.6 is 15.9 Å². The lowest BCUT2D eigenvalue weighted by atomic mass is 10.1. The third-order valence-electron chi connectivity index (χ3n) is 3.70. The predicted octanol–water partition coefficient (Wildman–Crippen LogP) is 3.68. The van der Waals surface area contributed by atoms with Gasteiger partial charge in [-0.1, -0.05) is 46.6 Å². The van der Waals surface area contributed by atoms with Gasteiger partial charge in [0.05, 0.1) is 0 Å². The molecule has 0 saturated carbocycles. The maximum Gasteiger partial charge on any atom is 0.279 e. The number of ether oxygens (including phenoxy) is 1. The largest absolute Gasteiger partial charge is 0.481 e. The van der Waals surface area contributed by atoms with E-state index in [9.17, 15) is 9.59 Å². The summed E-state index contributed by atoms with van der Waals surface area (Å²) in [6, 6.07) is 12.7. The van der Waals surface area contributed by atoms with E-state index in [1.807, 2.05) is 51.1 Å². The van der Waals surface area contributed by atoms with E-state index >= 15 is 0 Å². The second kappa shape index (κ2) is 8.67. The standard InChI is InChI=1S/C19H21BrN2O3/c1-4-17(25-15-9-5-12(2)6-10-15)19(24)22-21-18(23)14-8-7-13(3)16(20)11-14/h5-11,17H,4H2,1-3H3,(H,21,23)(H,22,24). The Hall–Kier alpha value is -2.34. The minimum Gasteiger partial charge on any atom is -0.481 e. The summed E-state index contributed by atoms with van der Waals surface area (Å²) in [5.41, 5.74) is 7.42. The van der Waals surface area contributed by atoms with Crippen molar-refractivity contribution >= 4 is 27.7 Å². The van der Waals surface area contributed by atoms with Gasteiger partial charge in [-0.2, -0.15) is 0 Å². The van der Waals surface area contributed by atoms with Gasteiger partial charge in [-0.05, 0) is 50.1 Å². The molecular weight excluding hydrogens is 384 g/mol. The van der Waals surface area contributed by atoms with Crippen LogP contribution in [0.4, 0.5) is 0 Å². The fourth-order valence-electron chi connectivity index (χ4n) is 2.11. The molecule has 2 rings (SSSR count). The van der Waals surface area contributed by atoms with E-state index in [2.05, 4.69) is 26.8 Å². The Morgan fingerprint density at radius 2 is 1.76 bits per heavy atom. The van der Waals surface area contributed by atoms with Crippen LogP contribution in [0, 0.1) is 13.8 Å². The van der Waals surface area contributed by atoms with Crippen LogP contribution in [-0.4, -0.2) is 17.9 Å². The summed E-state index contributed by atoms with van der Waals surface area (Å²) in [5, 5.41) is 0. The molecule has 0 aromatic heterocycles. The van der Waals surface area contributed by atoms with Crippen molar-refractivity contribution in [3.8, 4) is 5.75 Å². The first-order valence-corrected chi connectivity index (χ1v) is 8.79. The Morgan fingerprint density at radius 3 is 2.36 bits per heavy atom. The third-order valence-corrected chi connectivity index (χ3v) is 4.55. The van der Waals surface area contributed by atoms with Crippen LogP contribution in [0.25, 0.3) is 0 Å². The molecule has 0 aliphatic carbocycles. The van der Waals surface area contributed by atoms with Gasteiger partial charge in [-0.25, -0.2) is 0 Å². The molecule has 6 heteroatoms. The first kappa shape index (κ1) is 19.0. The van der Waals surface area contributed by atoms with E-state index in [0.717, 1.165) is 15.6 Å². The van der Waals surface area contributed by atoms with Gasteiger partial charge in [0.1, 0.15) is 5.75 Å². The van der Waals surface area contributed by atoms with Crippen molar-refractivity contribution in [3.05, 3.63) is 63.6 Å². The van der Waals surface area contributed by atoms with Crippen LogP contribution in [0.15, 0.2) is 46.9 Å². The molecular formula is C19H21BrN2O3. The summed E-state index contributed by atoms with van der Waals surface area (Å²) < 4.78 is 6.52. The van der Waals surface area contributed by atoms with Crippen molar-refractivity contribution in [2.24, 2.45) is 0 Å². The molecule has 0 aliphatic heterocycles. The van der Waals surface area contributed by atoms with E-state index in [4.69, 9.17) is 4.74 Å². The lowest BCUT2D eigenvalue weighted by Gasteiger charge is -2.17. The zero-order valence-corrected chi connectivity index (χ0v) is 16.0. The number of hydrogen-bond acceptors (Lipinski definition) is 3. The molecule has 0 bridgehead atoms. The van der Waals surface area contributed by atoms with Crippen molar-refractivity contribution in [1.82, 2.24) is 10.9 Å². The number of rotatable bonds is 5. The number of nitrogens with one attached hydrogen (secondary N) is 2. The maximum atomic E-state index is 12.2. The van der Waals surface area contributed by atoms with Gasteiger partial charge >= 0.3 is 0 Å². The number of carbonyl (C=O) groups is 2. The van der Waals surface area contributed by atoms with Crippen LogP contribution in [0.1, 0.15) is 34.8 Å². The van der Waals surface area contributed by atoms with E-state index in [1.54, 1.807) is 12.1 Å². The number of halogens is 1. The molecule has 0 radical (unpaired) electrons. The zero-order chi connectivity index (χ0) is 18.4.